The molecule has 2 amide bonds. The van der Waals surface area contributed by atoms with Gasteiger partial charge in [0.05, 0.1) is 11.9 Å². The fraction of sp³-hybridized carbons (Fsp3) is 0.481. The van der Waals surface area contributed by atoms with Crippen molar-refractivity contribution in [1.29, 1.82) is 0 Å². The Hall–Kier alpha value is -2.29. The number of benzene rings is 2. The lowest BCUT2D eigenvalue weighted by Gasteiger charge is -2.32. The van der Waals surface area contributed by atoms with Crippen molar-refractivity contribution < 1.29 is 18.0 Å². The lowest BCUT2D eigenvalue weighted by molar-refractivity contribution is -0.139. The van der Waals surface area contributed by atoms with Crippen LogP contribution in [-0.4, -0.2) is 50.0 Å². The zero-order chi connectivity index (χ0) is 28.1. The summed E-state index contributed by atoms with van der Waals surface area (Å²) >= 11 is 12.7. The topological polar surface area (TPSA) is 86.8 Å². The van der Waals surface area contributed by atoms with Gasteiger partial charge in [-0.25, -0.2) is 8.42 Å². The summed E-state index contributed by atoms with van der Waals surface area (Å²) < 4.78 is 26.6. The number of nitrogens with one attached hydrogen (secondary N) is 1. The number of anilines is 1. The molecule has 0 aliphatic heterocycles. The zero-order valence-electron chi connectivity index (χ0n) is 22.5. The van der Waals surface area contributed by atoms with Crippen LogP contribution in [0.1, 0.15) is 59.1 Å². The van der Waals surface area contributed by atoms with Gasteiger partial charge in [-0.1, -0.05) is 69.1 Å². The Morgan fingerprint density at radius 1 is 1.00 bits per heavy atom. The average molecular weight is 571 g/mol. The van der Waals surface area contributed by atoms with E-state index in [1.54, 1.807) is 37.3 Å². The number of amides is 2. The summed E-state index contributed by atoms with van der Waals surface area (Å²) in [6, 6.07) is 11.0. The molecule has 10 heteroatoms. The third-order valence-electron chi connectivity index (χ3n) is 6.26. The summed E-state index contributed by atoms with van der Waals surface area (Å²) in [6.07, 6.45) is 1.77. The van der Waals surface area contributed by atoms with E-state index in [4.69, 9.17) is 23.2 Å². The van der Waals surface area contributed by atoms with E-state index in [9.17, 15) is 18.0 Å². The standard InChI is InChI=1S/C27H37Cl2N3O4S/c1-8-18(2)30-26(34)19(3)31(16-22-23(28)10-9-11-24(22)29)25(33)17-32(37(7,35)36)21-14-12-20(13-15-21)27(4,5)6/h9-15,18-19H,8,16-17H2,1-7H3,(H,30,34)/t18-,19+/m1/s1. The van der Waals surface area contributed by atoms with Crippen LogP contribution in [-0.2, 0) is 31.6 Å². The number of nitrogens with zero attached hydrogens (tertiary/aromatic N) is 2. The van der Waals surface area contributed by atoms with E-state index >= 15 is 0 Å². The number of halogens is 2. The molecular formula is C27H37Cl2N3O4S. The van der Waals surface area contributed by atoms with Gasteiger partial charge in [-0.2, -0.15) is 0 Å². The molecule has 1 N–H and O–H groups in total. The highest BCUT2D eigenvalue weighted by Crippen LogP contribution is 2.28. The summed E-state index contributed by atoms with van der Waals surface area (Å²) in [6.45, 7) is 11.0. The van der Waals surface area contributed by atoms with Crippen molar-refractivity contribution in [2.45, 2.75) is 72.0 Å². The normalized spacial score (nSPS) is 13.5. The van der Waals surface area contributed by atoms with E-state index in [-0.39, 0.29) is 23.9 Å². The van der Waals surface area contributed by atoms with Crippen molar-refractivity contribution in [1.82, 2.24) is 10.2 Å². The molecule has 2 atom stereocenters. The van der Waals surface area contributed by atoms with Crippen LogP contribution in [0.3, 0.4) is 0 Å². The summed E-state index contributed by atoms with van der Waals surface area (Å²) in [5, 5.41) is 3.57. The van der Waals surface area contributed by atoms with Crippen LogP contribution in [0.25, 0.3) is 0 Å². The average Bonchev–Trinajstić information content (AvgIpc) is 2.80. The molecule has 2 aromatic rings. The molecule has 7 nitrogen and oxygen atoms in total. The third-order valence-corrected chi connectivity index (χ3v) is 8.11. The van der Waals surface area contributed by atoms with Crippen molar-refractivity contribution in [3.8, 4) is 0 Å². The van der Waals surface area contributed by atoms with Crippen molar-refractivity contribution in [3.63, 3.8) is 0 Å². The van der Waals surface area contributed by atoms with E-state index in [0.29, 0.717) is 21.3 Å². The zero-order valence-corrected chi connectivity index (χ0v) is 24.8. The Kier molecular flexibility index (Phi) is 10.5. The third kappa shape index (κ3) is 8.35. The highest BCUT2D eigenvalue weighted by atomic mass is 35.5. The molecule has 0 saturated heterocycles. The van der Waals surface area contributed by atoms with Crippen molar-refractivity contribution in [3.05, 3.63) is 63.6 Å². The largest absolute Gasteiger partial charge is 0.352 e. The summed E-state index contributed by atoms with van der Waals surface area (Å²) in [7, 11) is -3.82. The van der Waals surface area contributed by atoms with Gasteiger partial charge in [-0.3, -0.25) is 13.9 Å². The van der Waals surface area contributed by atoms with E-state index < -0.39 is 28.5 Å². The lowest BCUT2D eigenvalue weighted by atomic mass is 9.87. The number of hydrogen-bond donors (Lipinski definition) is 1. The minimum Gasteiger partial charge on any atom is -0.352 e. The summed E-state index contributed by atoms with van der Waals surface area (Å²) in [5.41, 5.74) is 1.74. The quantitative estimate of drug-likeness (QED) is 0.415. The van der Waals surface area contributed by atoms with E-state index in [1.165, 1.54) is 4.90 Å². The van der Waals surface area contributed by atoms with Crippen LogP contribution in [0, 0.1) is 0 Å². The van der Waals surface area contributed by atoms with Crippen LogP contribution >= 0.6 is 23.2 Å². The molecule has 0 heterocycles. The van der Waals surface area contributed by atoms with Gasteiger partial charge in [-0.05, 0) is 55.5 Å². The first-order valence-corrected chi connectivity index (χ1v) is 14.8. The second kappa shape index (κ2) is 12.5. The molecule has 0 spiro atoms. The van der Waals surface area contributed by atoms with Crippen molar-refractivity contribution >= 4 is 50.7 Å². The van der Waals surface area contributed by atoms with Crippen molar-refractivity contribution in [2.75, 3.05) is 17.1 Å². The molecule has 2 rings (SSSR count). The van der Waals surface area contributed by atoms with Crippen LogP contribution in [0.15, 0.2) is 42.5 Å². The molecule has 0 aliphatic rings. The van der Waals surface area contributed by atoms with E-state index in [1.807, 2.05) is 26.0 Å². The van der Waals surface area contributed by atoms with Crippen LogP contribution in [0.2, 0.25) is 10.0 Å². The monoisotopic (exact) mass is 569 g/mol. The maximum absolute atomic E-state index is 13.7. The second-order valence-corrected chi connectivity index (χ2v) is 13.0. The van der Waals surface area contributed by atoms with Gasteiger partial charge in [0.2, 0.25) is 21.8 Å². The number of carbonyl (C=O) groups excluding carboxylic acids is 2. The molecule has 0 aliphatic carbocycles. The number of hydrogen-bond acceptors (Lipinski definition) is 4. The minimum atomic E-state index is -3.82. The van der Waals surface area contributed by atoms with Crippen LogP contribution < -0.4 is 9.62 Å². The van der Waals surface area contributed by atoms with E-state index in [2.05, 4.69) is 26.1 Å². The van der Waals surface area contributed by atoms with Crippen LogP contribution in [0.5, 0.6) is 0 Å². The van der Waals surface area contributed by atoms with Gasteiger partial charge in [0.15, 0.2) is 0 Å². The summed E-state index contributed by atoms with van der Waals surface area (Å²) in [4.78, 5) is 28.0. The van der Waals surface area contributed by atoms with Gasteiger partial charge < -0.3 is 10.2 Å². The molecule has 0 unspecified atom stereocenters. The Balaban J connectivity index is 2.46. The SMILES string of the molecule is CC[C@@H](C)NC(=O)[C@H](C)N(Cc1c(Cl)cccc1Cl)C(=O)CN(c1ccc(C(C)(C)C)cc1)S(C)(=O)=O. The molecule has 0 aromatic heterocycles. The van der Waals surface area contributed by atoms with Gasteiger partial charge in [0, 0.05) is 28.2 Å². The van der Waals surface area contributed by atoms with E-state index in [0.717, 1.165) is 22.5 Å². The molecule has 0 radical (unpaired) electrons. The smallest absolute Gasteiger partial charge is 0.244 e. The Bertz CT molecular complexity index is 1190. The maximum atomic E-state index is 13.7. The molecule has 37 heavy (non-hydrogen) atoms. The molecule has 0 saturated carbocycles. The highest BCUT2D eigenvalue weighted by Gasteiger charge is 2.31. The molecule has 0 fully saturated rings. The first kappa shape index (κ1) is 30.9. The van der Waals surface area contributed by atoms with Crippen molar-refractivity contribution in [2.24, 2.45) is 0 Å². The predicted octanol–water partition coefficient (Wildman–Crippen LogP) is 5.39. The lowest BCUT2D eigenvalue weighted by Crippen LogP contribution is -2.52. The van der Waals surface area contributed by atoms with Gasteiger partial charge in [-0.15, -0.1) is 0 Å². The Morgan fingerprint density at radius 3 is 2.00 bits per heavy atom. The van der Waals surface area contributed by atoms with Gasteiger partial charge in [0.1, 0.15) is 12.6 Å². The van der Waals surface area contributed by atoms with Crippen LogP contribution in [0.4, 0.5) is 5.69 Å². The number of sulfonamides is 1. The number of rotatable bonds is 10. The number of carbonyl (C=O) groups is 2. The second-order valence-electron chi connectivity index (χ2n) is 10.3. The molecule has 2 aromatic carbocycles. The van der Waals surface area contributed by atoms with Gasteiger partial charge >= 0.3 is 0 Å². The summed E-state index contributed by atoms with van der Waals surface area (Å²) in [5.74, 6) is -0.917. The Morgan fingerprint density at radius 2 is 1.54 bits per heavy atom. The molecule has 204 valence electrons. The minimum absolute atomic E-state index is 0.0625. The molecular weight excluding hydrogens is 533 g/mol. The fourth-order valence-corrected chi connectivity index (χ4v) is 5.01. The fourth-order valence-electron chi connectivity index (χ4n) is 3.64. The Labute approximate surface area is 231 Å². The van der Waals surface area contributed by atoms with Gasteiger partial charge in [0.25, 0.3) is 0 Å². The maximum Gasteiger partial charge on any atom is 0.244 e. The highest BCUT2D eigenvalue weighted by molar-refractivity contribution is 7.92. The first-order chi connectivity index (χ1) is 17.1. The predicted molar refractivity (Wildman–Crippen MR) is 152 cm³/mol. The molecule has 0 bridgehead atoms. The first-order valence-electron chi connectivity index (χ1n) is 12.2.